The number of hydrogen-bond donors (Lipinski definition) is 0. The summed E-state index contributed by atoms with van der Waals surface area (Å²) in [6, 6.07) is 13.5. The molecule has 14 heavy (non-hydrogen) atoms. The molecule has 0 bridgehead atoms. The van der Waals surface area contributed by atoms with Crippen LogP contribution in [0.25, 0.3) is 10.8 Å². The molecule has 1 nitrogen and oxygen atoms in total. The lowest BCUT2D eigenvalue weighted by atomic mass is 9.93. The summed E-state index contributed by atoms with van der Waals surface area (Å²) in [7, 11) is 5.35. The summed E-state index contributed by atoms with van der Waals surface area (Å²) in [5.74, 6) is -0.0122. The molecule has 0 aromatic heterocycles. The molecule has 0 aliphatic heterocycles. The van der Waals surface area contributed by atoms with E-state index in [1.807, 2.05) is 42.5 Å². The molecule has 0 heterocycles. The lowest BCUT2D eigenvalue weighted by molar-refractivity contribution is 0.101. The molecule has 0 spiro atoms. The molecule has 66 valence electrons. The molecule has 2 aromatic carbocycles. The summed E-state index contributed by atoms with van der Waals surface area (Å²) in [5, 5.41) is 2.05. The van der Waals surface area contributed by atoms with Crippen molar-refractivity contribution in [2.75, 3.05) is 0 Å². The van der Waals surface area contributed by atoms with E-state index in [0.29, 0.717) is 5.56 Å². The van der Waals surface area contributed by atoms with Crippen molar-refractivity contribution in [3.63, 3.8) is 0 Å². The Bertz CT molecular complexity index is 471. The second kappa shape index (κ2) is 3.66. The van der Waals surface area contributed by atoms with Crippen LogP contribution in [0.15, 0.2) is 42.5 Å². The average molecular weight is 180 g/mol. The molecule has 2 rings (SSSR count). The van der Waals surface area contributed by atoms with Gasteiger partial charge < -0.3 is 0 Å². The molecular weight excluding hydrogens is 171 g/mol. The maximum absolute atomic E-state index is 11.5. The van der Waals surface area contributed by atoms with Crippen molar-refractivity contribution in [1.82, 2.24) is 0 Å². The van der Waals surface area contributed by atoms with Crippen molar-refractivity contribution in [3.8, 4) is 0 Å². The molecule has 0 fully saturated rings. The first-order chi connectivity index (χ1) is 6.83. The Morgan fingerprint density at radius 2 is 1.79 bits per heavy atom. The Balaban J connectivity index is 2.71. The molecule has 0 atom stereocenters. The van der Waals surface area contributed by atoms with Gasteiger partial charge in [-0.15, -0.1) is 0 Å². The van der Waals surface area contributed by atoms with E-state index < -0.39 is 0 Å². The highest BCUT2D eigenvalue weighted by molar-refractivity contribution is 6.26. The van der Waals surface area contributed by atoms with Crippen molar-refractivity contribution in [2.45, 2.75) is 6.32 Å². The minimum Gasteiger partial charge on any atom is -0.295 e. The van der Waals surface area contributed by atoms with Crippen molar-refractivity contribution in [1.29, 1.82) is 0 Å². The van der Waals surface area contributed by atoms with Crippen molar-refractivity contribution >= 4 is 24.4 Å². The normalized spacial score (nSPS) is 10.3. The van der Waals surface area contributed by atoms with E-state index in [2.05, 4.69) is 0 Å². The van der Waals surface area contributed by atoms with Gasteiger partial charge in [-0.3, -0.25) is 4.79 Å². The average Bonchev–Trinajstić information content (AvgIpc) is 2.27. The van der Waals surface area contributed by atoms with E-state index in [-0.39, 0.29) is 12.1 Å². The molecule has 0 aliphatic rings. The molecule has 2 aromatic rings. The van der Waals surface area contributed by atoms with E-state index >= 15 is 0 Å². The highest BCUT2D eigenvalue weighted by Crippen LogP contribution is 2.19. The molecular formula is C12H9BO. The van der Waals surface area contributed by atoms with Gasteiger partial charge in [0.25, 0.3) is 0 Å². The summed E-state index contributed by atoms with van der Waals surface area (Å²) in [4.78, 5) is 11.5. The number of benzene rings is 2. The highest BCUT2D eigenvalue weighted by Gasteiger charge is 2.05. The lowest BCUT2D eigenvalue weighted by Gasteiger charge is -2.03. The minimum absolute atomic E-state index is 0.0122. The Morgan fingerprint density at radius 1 is 1.07 bits per heavy atom. The Labute approximate surface area is 84.2 Å². The fourth-order valence-corrected chi connectivity index (χ4v) is 1.58. The van der Waals surface area contributed by atoms with Gasteiger partial charge >= 0.3 is 0 Å². The van der Waals surface area contributed by atoms with Crippen LogP contribution < -0.4 is 0 Å². The molecule has 0 aliphatic carbocycles. The van der Waals surface area contributed by atoms with Gasteiger partial charge in [-0.1, -0.05) is 42.5 Å². The SMILES string of the molecule is [B]CC(=O)c1cccc2ccccc12. The van der Waals surface area contributed by atoms with E-state index in [0.717, 1.165) is 10.8 Å². The van der Waals surface area contributed by atoms with Crippen LogP contribution in [0.2, 0.25) is 6.32 Å². The summed E-state index contributed by atoms with van der Waals surface area (Å²) < 4.78 is 0. The van der Waals surface area contributed by atoms with Crippen molar-refractivity contribution in [3.05, 3.63) is 48.0 Å². The van der Waals surface area contributed by atoms with Gasteiger partial charge in [0.1, 0.15) is 0 Å². The van der Waals surface area contributed by atoms with Gasteiger partial charge in [0, 0.05) is 5.56 Å². The molecule has 0 amide bonds. The second-order valence-corrected chi connectivity index (χ2v) is 3.15. The van der Waals surface area contributed by atoms with E-state index in [9.17, 15) is 4.79 Å². The number of hydrogen-bond acceptors (Lipinski definition) is 1. The Kier molecular flexibility index (Phi) is 2.36. The van der Waals surface area contributed by atoms with Crippen LogP contribution in [0.5, 0.6) is 0 Å². The van der Waals surface area contributed by atoms with Gasteiger partial charge in [-0.25, -0.2) is 0 Å². The van der Waals surface area contributed by atoms with E-state index in [4.69, 9.17) is 7.85 Å². The maximum atomic E-state index is 11.5. The quantitative estimate of drug-likeness (QED) is 0.512. The number of ketones is 1. The number of carbonyl (C=O) groups is 1. The molecule has 2 heteroatoms. The van der Waals surface area contributed by atoms with Crippen LogP contribution >= 0.6 is 0 Å². The predicted octanol–water partition coefficient (Wildman–Crippen LogP) is 2.61. The zero-order valence-corrected chi connectivity index (χ0v) is 7.73. The third-order valence-electron chi connectivity index (χ3n) is 2.28. The van der Waals surface area contributed by atoms with Gasteiger partial charge in [-0.05, 0) is 17.1 Å². The monoisotopic (exact) mass is 180 g/mol. The number of rotatable bonds is 2. The van der Waals surface area contributed by atoms with Crippen LogP contribution in [0.3, 0.4) is 0 Å². The van der Waals surface area contributed by atoms with E-state index in [1.54, 1.807) is 0 Å². The van der Waals surface area contributed by atoms with Gasteiger partial charge in [0.2, 0.25) is 0 Å². The van der Waals surface area contributed by atoms with Crippen molar-refractivity contribution < 1.29 is 4.79 Å². The number of Topliss-reactive ketones (excluding diaryl/α,β-unsaturated/α-hetero) is 1. The molecule has 0 N–H and O–H groups in total. The summed E-state index contributed by atoms with van der Waals surface area (Å²) in [6.07, 6.45) is 0.0635. The summed E-state index contributed by atoms with van der Waals surface area (Å²) in [6.45, 7) is 0. The van der Waals surface area contributed by atoms with Crippen LogP contribution in [-0.2, 0) is 0 Å². The minimum atomic E-state index is -0.0122. The molecule has 0 unspecified atom stereocenters. The third kappa shape index (κ3) is 1.44. The lowest BCUT2D eigenvalue weighted by Crippen LogP contribution is -1.98. The van der Waals surface area contributed by atoms with Crippen LogP contribution in [-0.4, -0.2) is 13.6 Å². The summed E-state index contributed by atoms with van der Waals surface area (Å²) in [5.41, 5.74) is 0.714. The maximum Gasteiger partial charge on any atom is 0.154 e. The zero-order valence-electron chi connectivity index (χ0n) is 7.73. The standard InChI is InChI=1S/C12H9BO/c13-8-12(14)11-7-3-5-9-4-1-2-6-10(9)11/h1-7H,8H2. The van der Waals surface area contributed by atoms with Crippen LogP contribution in [0.1, 0.15) is 10.4 Å². The van der Waals surface area contributed by atoms with Gasteiger partial charge in [0.15, 0.2) is 5.78 Å². The topological polar surface area (TPSA) is 17.1 Å². The first-order valence-electron chi connectivity index (χ1n) is 4.54. The molecule has 2 radical (unpaired) electrons. The van der Waals surface area contributed by atoms with Gasteiger partial charge in [-0.2, -0.15) is 0 Å². The Hall–Kier alpha value is -1.57. The van der Waals surface area contributed by atoms with E-state index in [1.165, 1.54) is 0 Å². The highest BCUT2D eigenvalue weighted by atomic mass is 16.1. The second-order valence-electron chi connectivity index (χ2n) is 3.15. The van der Waals surface area contributed by atoms with Crippen molar-refractivity contribution in [2.24, 2.45) is 0 Å². The first kappa shape index (κ1) is 9.01. The Morgan fingerprint density at radius 3 is 2.57 bits per heavy atom. The predicted molar refractivity (Wildman–Crippen MR) is 58.8 cm³/mol. The number of fused-ring (bicyclic) bond motifs is 1. The fraction of sp³-hybridized carbons (Fsp3) is 0.0833. The molecule has 0 saturated carbocycles. The zero-order chi connectivity index (χ0) is 9.97. The van der Waals surface area contributed by atoms with Crippen LogP contribution in [0, 0.1) is 0 Å². The number of carbonyl (C=O) groups excluding carboxylic acids is 1. The smallest absolute Gasteiger partial charge is 0.154 e. The van der Waals surface area contributed by atoms with Gasteiger partial charge in [0.05, 0.1) is 7.85 Å². The molecule has 0 saturated heterocycles. The largest absolute Gasteiger partial charge is 0.295 e. The van der Waals surface area contributed by atoms with Crippen LogP contribution in [0.4, 0.5) is 0 Å². The first-order valence-corrected chi connectivity index (χ1v) is 4.54. The fourth-order valence-electron chi connectivity index (χ4n) is 1.58. The third-order valence-corrected chi connectivity index (χ3v) is 2.28. The summed E-state index contributed by atoms with van der Waals surface area (Å²) >= 11 is 0.